The van der Waals surface area contributed by atoms with Crippen LogP contribution in [0.3, 0.4) is 0 Å². The highest BCUT2D eigenvalue weighted by molar-refractivity contribution is 5.78. The van der Waals surface area contributed by atoms with Crippen molar-refractivity contribution in [1.29, 1.82) is 0 Å². The standard InChI is InChI=1S/C23H29NO4/c1-15(2)20-7-6-19(10-16(20)3)28-14-23(25)24-9-8-17-11-21(26-4)22(27-5)12-18(17)13-24/h6-7,10-12,15H,8-9,13-14H2,1-5H3. The summed E-state index contributed by atoms with van der Waals surface area (Å²) < 4.78 is 16.5. The van der Waals surface area contributed by atoms with E-state index in [0.29, 0.717) is 24.8 Å². The van der Waals surface area contributed by atoms with Gasteiger partial charge in [-0.2, -0.15) is 0 Å². The minimum Gasteiger partial charge on any atom is -0.493 e. The molecule has 0 unspecified atom stereocenters. The van der Waals surface area contributed by atoms with E-state index >= 15 is 0 Å². The molecule has 1 heterocycles. The third-order valence-electron chi connectivity index (χ3n) is 5.30. The molecule has 0 fully saturated rings. The highest BCUT2D eigenvalue weighted by Gasteiger charge is 2.23. The van der Waals surface area contributed by atoms with Crippen molar-refractivity contribution in [2.24, 2.45) is 0 Å². The molecule has 0 spiro atoms. The Balaban J connectivity index is 1.64. The minimum atomic E-state index is -0.00831. The van der Waals surface area contributed by atoms with Crippen LogP contribution in [0.2, 0.25) is 0 Å². The largest absolute Gasteiger partial charge is 0.493 e. The molecule has 0 saturated heterocycles. The molecule has 0 bridgehead atoms. The van der Waals surface area contributed by atoms with Crippen molar-refractivity contribution < 1.29 is 19.0 Å². The van der Waals surface area contributed by atoms with E-state index in [9.17, 15) is 4.79 Å². The Morgan fingerprint density at radius 3 is 2.36 bits per heavy atom. The van der Waals surface area contributed by atoms with E-state index in [1.807, 2.05) is 29.2 Å². The summed E-state index contributed by atoms with van der Waals surface area (Å²) in [6.07, 6.45) is 0.795. The molecule has 150 valence electrons. The van der Waals surface area contributed by atoms with E-state index in [4.69, 9.17) is 14.2 Å². The van der Waals surface area contributed by atoms with Gasteiger partial charge in [0.15, 0.2) is 18.1 Å². The molecule has 2 aromatic carbocycles. The zero-order chi connectivity index (χ0) is 20.3. The summed E-state index contributed by atoms with van der Waals surface area (Å²) in [5.41, 5.74) is 4.78. The van der Waals surface area contributed by atoms with Crippen molar-refractivity contribution in [2.45, 2.75) is 39.7 Å². The maximum absolute atomic E-state index is 12.7. The van der Waals surface area contributed by atoms with Crippen molar-refractivity contribution in [1.82, 2.24) is 4.90 Å². The predicted molar refractivity (Wildman–Crippen MR) is 109 cm³/mol. The van der Waals surface area contributed by atoms with Crippen LogP contribution in [0.4, 0.5) is 0 Å². The molecule has 2 aromatic rings. The van der Waals surface area contributed by atoms with Gasteiger partial charge in [-0.05, 0) is 65.8 Å². The zero-order valence-corrected chi connectivity index (χ0v) is 17.4. The Kier molecular flexibility index (Phi) is 6.12. The Bertz CT molecular complexity index is 860. The summed E-state index contributed by atoms with van der Waals surface area (Å²) in [4.78, 5) is 14.5. The molecule has 0 atom stereocenters. The van der Waals surface area contributed by atoms with E-state index in [1.54, 1.807) is 14.2 Å². The fourth-order valence-electron chi connectivity index (χ4n) is 3.72. The van der Waals surface area contributed by atoms with Gasteiger partial charge in [-0.25, -0.2) is 0 Å². The van der Waals surface area contributed by atoms with Crippen molar-refractivity contribution in [3.8, 4) is 17.2 Å². The van der Waals surface area contributed by atoms with Crippen LogP contribution >= 0.6 is 0 Å². The number of hydrogen-bond donors (Lipinski definition) is 0. The Morgan fingerprint density at radius 1 is 1.07 bits per heavy atom. The highest BCUT2D eigenvalue weighted by atomic mass is 16.5. The van der Waals surface area contributed by atoms with E-state index in [0.717, 1.165) is 23.5 Å². The third kappa shape index (κ3) is 4.24. The predicted octanol–water partition coefficient (Wildman–Crippen LogP) is 4.10. The topological polar surface area (TPSA) is 48.0 Å². The van der Waals surface area contributed by atoms with Crippen molar-refractivity contribution in [2.75, 3.05) is 27.4 Å². The molecule has 0 saturated carbocycles. The molecule has 5 nitrogen and oxygen atoms in total. The first-order valence-electron chi connectivity index (χ1n) is 9.67. The van der Waals surface area contributed by atoms with Gasteiger partial charge in [0.25, 0.3) is 5.91 Å². The van der Waals surface area contributed by atoms with Crippen molar-refractivity contribution in [3.63, 3.8) is 0 Å². The summed E-state index contributed by atoms with van der Waals surface area (Å²) in [5.74, 6) is 2.61. The minimum absolute atomic E-state index is 0.00831. The van der Waals surface area contributed by atoms with Gasteiger partial charge in [-0.1, -0.05) is 19.9 Å². The van der Waals surface area contributed by atoms with Gasteiger partial charge in [-0.3, -0.25) is 4.79 Å². The second-order valence-corrected chi connectivity index (χ2v) is 7.50. The number of carbonyl (C=O) groups is 1. The number of rotatable bonds is 6. The number of ether oxygens (including phenoxy) is 3. The number of carbonyl (C=O) groups excluding carboxylic acids is 1. The number of amides is 1. The molecule has 1 aliphatic rings. The van der Waals surface area contributed by atoms with Gasteiger partial charge in [0.05, 0.1) is 14.2 Å². The second kappa shape index (κ2) is 8.55. The van der Waals surface area contributed by atoms with E-state index in [1.165, 1.54) is 16.7 Å². The monoisotopic (exact) mass is 383 g/mol. The zero-order valence-electron chi connectivity index (χ0n) is 17.4. The highest BCUT2D eigenvalue weighted by Crippen LogP contribution is 2.33. The van der Waals surface area contributed by atoms with Crippen LogP contribution < -0.4 is 14.2 Å². The van der Waals surface area contributed by atoms with Crippen molar-refractivity contribution >= 4 is 5.91 Å². The molecule has 1 aliphatic heterocycles. The van der Waals surface area contributed by atoms with Gasteiger partial charge < -0.3 is 19.1 Å². The number of benzene rings is 2. The summed E-state index contributed by atoms with van der Waals surface area (Å²) in [7, 11) is 3.26. The molecule has 0 aromatic heterocycles. The molecule has 1 amide bonds. The van der Waals surface area contributed by atoms with E-state index < -0.39 is 0 Å². The fraction of sp³-hybridized carbons (Fsp3) is 0.435. The third-order valence-corrected chi connectivity index (χ3v) is 5.30. The summed E-state index contributed by atoms with van der Waals surface area (Å²) in [6, 6.07) is 9.99. The molecule has 28 heavy (non-hydrogen) atoms. The van der Waals surface area contributed by atoms with Crippen LogP contribution in [0.25, 0.3) is 0 Å². The SMILES string of the molecule is COc1cc2c(cc1OC)CN(C(=O)COc1ccc(C(C)C)c(C)c1)CC2. The smallest absolute Gasteiger partial charge is 0.260 e. The molecule has 3 rings (SSSR count). The lowest BCUT2D eigenvalue weighted by Gasteiger charge is -2.29. The average molecular weight is 383 g/mol. The number of methoxy groups -OCH3 is 2. The Morgan fingerprint density at radius 2 is 1.75 bits per heavy atom. The number of nitrogens with zero attached hydrogens (tertiary/aromatic N) is 1. The lowest BCUT2D eigenvalue weighted by Crippen LogP contribution is -2.38. The molecule has 0 radical (unpaired) electrons. The summed E-state index contributed by atoms with van der Waals surface area (Å²) >= 11 is 0. The molecule has 0 N–H and O–H groups in total. The number of hydrogen-bond acceptors (Lipinski definition) is 4. The molecular formula is C23H29NO4. The van der Waals surface area contributed by atoms with Crippen LogP contribution in [-0.4, -0.2) is 38.2 Å². The van der Waals surface area contributed by atoms with Crippen molar-refractivity contribution in [3.05, 3.63) is 52.6 Å². The molecule has 0 aliphatic carbocycles. The first-order chi connectivity index (χ1) is 13.4. The van der Waals surface area contributed by atoms with Gasteiger partial charge >= 0.3 is 0 Å². The lowest BCUT2D eigenvalue weighted by molar-refractivity contribution is -0.134. The van der Waals surface area contributed by atoms with Crippen LogP contribution in [0.1, 0.15) is 42.0 Å². The summed E-state index contributed by atoms with van der Waals surface area (Å²) in [5, 5.41) is 0. The van der Waals surface area contributed by atoms with Crippen LogP contribution in [0.5, 0.6) is 17.2 Å². The lowest BCUT2D eigenvalue weighted by atomic mass is 9.98. The van der Waals surface area contributed by atoms with Crippen LogP contribution in [0, 0.1) is 6.92 Å². The Labute approximate surface area is 167 Å². The second-order valence-electron chi connectivity index (χ2n) is 7.50. The normalized spacial score (nSPS) is 13.3. The Hall–Kier alpha value is -2.69. The molecule has 5 heteroatoms. The molecular weight excluding hydrogens is 354 g/mol. The summed E-state index contributed by atoms with van der Waals surface area (Å²) in [6.45, 7) is 7.70. The van der Waals surface area contributed by atoms with E-state index in [2.05, 4.69) is 26.8 Å². The maximum Gasteiger partial charge on any atom is 0.260 e. The van der Waals surface area contributed by atoms with Crippen LogP contribution in [-0.2, 0) is 17.8 Å². The van der Waals surface area contributed by atoms with Gasteiger partial charge in [0, 0.05) is 13.1 Å². The van der Waals surface area contributed by atoms with E-state index in [-0.39, 0.29) is 12.5 Å². The first-order valence-corrected chi connectivity index (χ1v) is 9.67. The fourth-order valence-corrected chi connectivity index (χ4v) is 3.72. The quantitative estimate of drug-likeness (QED) is 0.754. The van der Waals surface area contributed by atoms with Gasteiger partial charge in [0.1, 0.15) is 5.75 Å². The number of aryl methyl sites for hydroxylation is 1. The van der Waals surface area contributed by atoms with Gasteiger partial charge in [-0.15, -0.1) is 0 Å². The maximum atomic E-state index is 12.7. The number of fused-ring (bicyclic) bond motifs is 1. The van der Waals surface area contributed by atoms with Gasteiger partial charge in [0.2, 0.25) is 0 Å². The first kappa shape index (κ1) is 20.1. The average Bonchev–Trinajstić information content (AvgIpc) is 2.70. The van der Waals surface area contributed by atoms with Crippen LogP contribution in [0.15, 0.2) is 30.3 Å².